The fourth-order valence-corrected chi connectivity index (χ4v) is 2.23. The monoisotopic (exact) mass is 334 g/mol. The van der Waals surface area contributed by atoms with E-state index in [1.807, 2.05) is 19.1 Å². The minimum Gasteiger partial charge on any atom is -0.496 e. The zero-order valence-electron chi connectivity index (χ0n) is 12.2. The highest BCUT2D eigenvalue weighted by atomic mass is 79.9. The predicted octanol–water partition coefficient (Wildman–Crippen LogP) is 4.39. The normalized spacial score (nSPS) is 10.4. The molecule has 0 fully saturated rings. The molecule has 4 heteroatoms. The summed E-state index contributed by atoms with van der Waals surface area (Å²) < 4.78 is 6.46. The lowest BCUT2D eigenvalue weighted by atomic mass is 10.0. The van der Waals surface area contributed by atoms with Gasteiger partial charge in [-0.1, -0.05) is 6.07 Å². The number of aromatic nitrogens is 1. The smallest absolute Gasteiger partial charge is 0.126 e. The number of hydrogen-bond donors (Lipinski definition) is 1. The van der Waals surface area contributed by atoms with Crippen LogP contribution in [0.2, 0.25) is 0 Å². The summed E-state index contributed by atoms with van der Waals surface area (Å²) >= 11 is 3.46. The highest BCUT2D eigenvalue weighted by Gasteiger charge is 2.06. The molecule has 3 nitrogen and oxygen atoms in total. The number of methoxy groups -OCH3 is 1. The van der Waals surface area contributed by atoms with E-state index < -0.39 is 0 Å². The molecule has 1 N–H and O–H groups in total. The lowest BCUT2D eigenvalue weighted by Crippen LogP contribution is -2.04. The molecule has 2 rings (SSSR count). The van der Waals surface area contributed by atoms with E-state index in [4.69, 9.17) is 4.74 Å². The molecular weight excluding hydrogens is 316 g/mol. The summed E-state index contributed by atoms with van der Waals surface area (Å²) in [6, 6.07) is 8.20. The van der Waals surface area contributed by atoms with E-state index >= 15 is 0 Å². The third-order valence-electron chi connectivity index (χ3n) is 3.38. The van der Waals surface area contributed by atoms with Crippen molar-refractivity contribution in [2.24, 2.45) is 0 Å². The molecule has 0 saturated heterocycles. The maximum atomic E-state index is 5.44. The molecule has 0 spiro atoms. The van der Waals surface area contributed by atoms with Crippen LogP contribution in [0.1, 0.15) is 22.4 Å². The molecule has 106 valence electrons. The Kier molecular flexibility index (Phi) is 4.65. The standard InChI is InChI=1S/C16H19BrN2O/c1-10-7-13(15(20-4)8-11(10)2)9-18-16-6-5-14(17)12(3)19-16/h5-8H,9H2,1-4H3,(H,18,19). The third kappa shape index (κ3) is 3.31. The van der Waals surface area contributed by atoms with Gasteiger partial charge in [-0.25, -0.2) is 4.98 Å². The number of nitrogens with zero attached hydrogens (tertiary/aromatic N) is 1. The Labute approximate surface area is 128 Å². The van der Waals surface area contributed by atoms with E-state index in [0.717, 1.165) is 27.3 Å². The van der Waals surface area contributed by atoms with Gasteiger partial charge in [-0.05, 0) is 66.0 Å². The van der Waals surface area contributed by atoms with Gasteiger partial charge in [0.25, 0.3) is 0 Å². The van der Waals surface area contributed by atoms with E-state index in [1.54, 1.807) is 7.11 Å². The second-order valence-electron chi connectivity index (χ2n) is 4.87. The lowest BCUT2D eigenvalue weighted by Gasteiger charge is -2.13. The fourth-order valence-electron chi connectivity index (χ4n) is 2.01. The van der Waals surface area contributed by atoms with Crippen molar-refractivity contribution in [2.75, 3.05) is 12.4 Å². The van der Waals surface area contributed by atoms with Crippen molar-refractivity contribution in [3.8, 4) is 5.75 Å². The topological polar surface area (TPSA) is 34.1 Å². The molecule has 0 aliphatic heterocycles. The number of rotatable bonds is 4. The highest BCUT2D eigenvalue weighted by Crippen LogP contribution is 2.24. The Hall–Kier alpha value is -1.55. The number of ether oxygens (including phenoxy) is 1. The van der Waals surface area contributed by atoms with Crippen LogP contribution in [0.4, 0.5) is 5.82 Å². The van der Waals surface area contributed by atoms with Gasteiger partial charge in [-0.3, -0.25) is 0 Å². The Morgan fingerprint density at radius 3 is 2.50 bits per heavy atom. The molecule has 0 aliphatic rings. The largest absolute Gasteiger partial charge is 0.496 e. The van der Waals surface area contributed by atoms with Crippen LogP contribution in [0, 0.1) is 20.8 Å². The van der Waals surface area contributed by atoms with Crippen LogP contribution in [0.25, 0.3) is 0 Å². The Bertz CT molecular complexity index is 626. The van der Waals surface area contributed by atoms with Crippen LogP contribution >= 0.6 is 15.9 Å². The zero-order valence-corrected chi connectivity index (χ0v) is 13.8. The Morgan fingerprint density at radius 1 is 1.15 bits per heavy atom. The van der Waals surface area contributed by atoms with E-state index in [-0.39, 0.29) is 0 Å². The summed E-state index contributed by atoms with van der Waals surface area (Å²) in [5.41, 5.74) is 4.62. The SMILES string of the molecule is COc1cc(C)c(C)cc1CNc1ccc(Br)c(C)n1. The summed E-state index contributed by atoms with van der Waals surface area (Å²) in [7, 11) is 1.70. The summed E-state index contributed by atoms with van der Waals surface area (Å²) in [6.45, 7) is 6.87. The molecule has 20 heavy (non-hydrogen) atoms. The first-order chi connectivity index (χ1) is 9.51. The molecule has 0 aliphatic carbocycles. The van der Waals surface area contributed by atoms with E-state index in [9.17, 15) is 0 Å². The quantitative estimate of drug-likeness (QED) is 0.900. The maximum absolute atomic E-state index is 5.44. The summed E-state index contributed by atoms with van der Waals surface area (Å²) in [6.07, 6.45) is 0. The van der Waals surface area contributed by atoms with E-state index in [2.05, 4.69) is 52.2 Å². The number of hydrogen-bond acceptors (Lipinski definition) is 3. The van der Waals surface area contributed by atoms with Gasteiger partial charge in [0.1, 0.15) is 11.6 Å². The van der Waals surface area contributed by atoms with Gasteiger partial charge in [0.15, 0.2) is 0 Å². The molecule has 0 unspecified atom stereocenters. The van der Waals surface area contributed by atoms with E-state index in [0.29, 0.717) is 6.54 Å². The third-order valence-corrected chi connectivity index (χ3v) is 4.22. The van der Waals surface area contributed by atoms with Crippen molar-refractivity contribution in [3.05, 3.63) is 51.1 Å². The van der Waals surface area contributed by atoms with Crippen LogP contribution in [0.15, 0.2) is 28.7 Å². The average molecular weight is 335 g/mol. The van der Waals surface area contributed by atoms with Gasteiger partial charge in [0, 0.05) is 16.6 Å². The van der Waals surface area contributed by atoms with E-state index in [1.165, 1.54) is 11.1 Å². The van der Waals surface area contributed by atoms with Crippen LogP contribution in [-0.2, 0) is 6.54 Å². The minimum atomic E-state index is 0.693. The van der Waals surface area contributed by atoms with Crippen molar-refractivity contribution >= 4 is 21.7 Å². The molecule has 1 aromatic heterocycles. The molecule has 0 amide bonds. The van der Waals surface area contributed by atoms with Crippen LogP contribution in [0.5, 0.6) is 5.75 Å². The highest BCUT2D eigenvalue weighted by molar-refractivity contribution is 9.10. The molecule has 2 aromatic rings. The van der Waals surface area contributed by atoms with Gasteiger partial charge in [0.05, 0.1) is 12.8 Å². The second-order valence-corrected chi connectivity index (χ2v) is 5.72. The first-order valence-electron chi connectivity index (χ1n) is 6.52. The molecule has 0 atom stereocenters. The number of halogens is 1. The van der Waals surface area contributed by atoms with Gasteiger partial charge >= 0.3 is 0 Å². The molecule has 0 bridgehead atoms. The summed E-state index contributed by atoms with van der Waals surface area (Å²) in [4.78, 5) is 4.48. The Balaban J connectivity index is 2.18. The molecule has 0 radical (unpaired) electrons. The minimum absolute atomic E-state index is 0.693. The molecular formula is C16H19BrN2O. The summed E-state index contributed by atoms with van der Waals surface area (Å²) in [5, 5.41) is 3.34. The zero-order chi connectivity index (χ0) is 14.7. The first-order valence-corrected chi connectivity index (χ1v) is 7.31. The van der Waals surface area contributed by atoms with Crippen LogP contribution < -0.4 is 10.1 Å². The lowest BCUT2D eigenvalue weighted by molar-refractivity contribution is 0.410. The maximum Gasteiger partial charge on any atom is 0.126 e. The van der Waals surface area contributed by atoms with Crippen molar-refractivity contribution in [1.29, 1.82) is 0 Å². The average Bonchev–Trinajstić information content (AvgIpc) is 2.43. The Morgan fingerprint density at radius 2 is 1.85 bits per heavy atom. The predicted molar refractivity (Wildman–Crippen MR) is 86.5 cm³/mol. The van der Waals surface area contributed by atoms with Gasteiger partial charge in [0.2, 0.25) is 0 Å². The number of benzene rings is 1. The fraction of sp³-hybridized carbons (Fsp3) is 0.312. The van der Waals surface area contributed by atoms with Crippen LogP contribution in [0.3, 0.4) is 0 Å². The van der Waals surface area contributed by atoms with Crippen LogP contribution in [-0.4, -0.2) is 12.1 Å². The van der Waals surface area contributed by atoms with Crippen molar-refractivity contribution < 1.29 is 4.74 Å². The van der Waals surface area contributed by atoms with Crippen molar-refractivity contribution in [2.45, 2.75) is 27.3 Å². The van der Waals surface area contributed by atoms with Gasteiger partial charge in [-0.15, -0.1) is 0 Å². The molecule has 1 aromatic carbocycles. The van der Waals surface area contributed by atoms with Gasteiger partial charge < -0.3 is 10.1 Å². The van der Waals surface area contributed by atoms with Crippen molar-refractivity contribution in [1.82, 2.24) is 4.98 Å². The van der Waals surface area contributed by atoms with Crippen molar-refractivity contribution in [3.63, 3.8) is 0 Å². The summed E-state index contributed by atoms with van der Waals surface area (Å²) in [5.74, 6) is 1.78. The second kappa shape index (κ2) is 6.27. The number of anilines is 1. The molecule has 1 heterocycles. The number of aryl methyl sites for hydroxylation is 3. The number of nitrogens with one attached hydrogen (secondary N) is 1. The first kappa shape index (κ1) is 14.9. The van der Waals surface area contributed by atoms with Gasteiger partial charge in [-0.2, -0.15) is 0 Å². The molecule has 0 saturated carbocycles. The number of pyridine rings is 1.